The van der Waals surface area contributed by atoms with E-state index in [-0.39, 0.29) is 17.8 Å². The largest absolute Gasteiger partial charge is 0.320 e. The van der Waals surface area contributed by atoms with E-state index < -0.39 is 0 Å². The van der Waals surface area contributed by atoms with Crippen molar-refractivity contribution in [1.29, 1.82) is 0 Å². The zero-order valence-electron chi connectivity index (χ0n) is 13.3. The summed E-state index contributed by atoms with van der Waals surface area (Å²) in [5.41, 5.74) is 5.72. The molecule has 0 unspecified atom stereocenters. The lowest BCUT2D eigenvalue weighted by Crippen LogP contribution is -2.25. The van der Waals surface area contributed by atoms with Crippen molar-refractivity contribution in [3.63, 3.8) is 0 Å². The Bertz CT molecular complexity index is 648. The highest BCUT2D eigenvalue weighted by molar-refractivity contribution is 5.85. The molecule has 2 heteroatoms. The summed E-state index contributed by atoms with van der Waals surface area (Å²) in [6.45, 7) is 3.30. The third kappa shape index (κ3) is 2.84. The van der Waals surface area contributed by atoms with Crippen molar-refractivity contribution in [2.24, 2.45) is 0 Å². The minimum Gasteiger partial charge on any atom is -0.320 e. The van der Waals surface area contributed by atoms with Gasteiger partial charge in [-0.15, -0.1) is 12.4 Å². The van der Waals surface area contributed by atoms with Crippen LogP contribution in [-0.4, -0.2) is 13.6 Å². The van der Waals surface area contributed by atoms with Crippen LogP contribution >= 0.6 is 12.4 Å². The molecule has 0 aliphatic heterocycles. The lowest BCUT2D eigenvalue weighted by atomic mass is 9.73. The van der Waals surface area contributed by atoms with Crippen molar-refractivity contribution < 1.29 is 0 Å². The molecule has 1 aliphatic rings. The molecule has 1 nitrogen and oxygen atoms in total. The monoisotopic (exact) mass is 313 g/mol. The number of fused-ring (bicyclic) bond motifs is 1. The van der Waals surface area contributed by atoms with Gasteiger partial charge in [0.15, 0.2) is 0 Å². The first-order valence-electron chi connectivity index (χ1n) is 7.77. The minimum absolute atomic E-state index is 0. The fourth-order valence-electron chi connectivity index (χ4n) is 3.61. The Balaban J connectivity index is 0.00000176. The van der Waals surface area contributed by atoms with Crippen LogP contribution in [0, 0.1) is 0 Å². The van der Waals surface area contributed by atoms with Gasteiger partial charge in [-0.2, -0.15) is 0 Å². The molecular formula is C20H24ClN. The summed E-state index contributed by atoms with van der Waals surface area (Å²) in [5.74, 6) is 0. The number of halogens is 1. The van der Waals surface area contributed by atoms with Crippen LogP contribution in [-0.2, 0) is 5.41 Å². The summed E-state index contributed by atoms with van der Waals surface area (Å²) < 4.78 is 0. The lowest BCUT2D eigenvalue weighted by Gasteiger charge is -2.30. The molecule has 3 rings (SSSR count). The second-order valence-electron chi connectivity index (χ2n) is 5.92. The van der Waals surface area contributed by atoms with E-state index in [1.54, 1.807) is 0 Å². The first-order valence-corrected chi connectivity index (χ1v) is 7.77. The molecule has 1 N–H and O–H groups in total. The van der Waals surface area contributed by atoms with E-state index in [4.69, 9.17) is 0 Å². The number of hydrogen-bond acceptors (Lipinski definition) is 1. The smallest absolute Gasteiger partial charge is 0.0394 e. The normalized spacial score (nSPS) is 19.3. The summed E-state index contributed by atoms with van der Waals surface area (Å²) in [6.07, 6.45) is 4.79. The molecule has 0 aromatic heterocycles. The van der Waals surface area contributed by atoms with Crippen molar-refractivity contribution in [3.8, 4) is 0 Å². The molecule has 0 saturated carbocycles. The number of allylic oxidation sites excluding steroid dienone is 2. The van der Waals surface area contributed by atoms with Gasteiger partial charge >= 0.3 is 0 Å². The van der Waals surface area contributed by atoms with Gasteiger partial charge in [0.05, 0.1) is 0 Å². The molecule has 0 heterocycles. The topological polar surface area (TPSA) is 12.0 Å². The van der Waals surface area contributed by atoms with Crippen LogP contribution in [0.4, 0.5) is 0 Å². The Hall–Kier alpha value is -1.57. The van der Waals surface area contributed by atoms with Gasteiger partial charge in [-0.05, 0) is 55.6 Å². The molecule has 116 valence electrons. The highest BCUT2D eigenvalue weighted by Gasteiger charge is 2.37. The van der Waals surface area contributed by atoms with E-state index in [9.17, 15) is 0 Å². The van der Waals surface area contributed by atoms with Crippen molar-refractivity contribution in [2.75, 3.05) is 13.6 Å². The molecule has 22 heavy (non-hydrogen) atoms. The lowest BCUT2D eigenvalue weighted by molar-refractivity contribution is 0.544. The van der Waals surface area contributed by atoms with Crippen molar-refractivity contribution in [1.82, 2.24) is 5.32 Å². The third-order valence-corrected chi connectivity index (χ3v) is 4.58. The predicted octanol–water partition coefficient (Wildman–Crippen LogP) is 4.81. The molecular weight excluding hydrogens is 290 g/mol. The van der Waals surface area contributed by atoms with Gasteiger partial charge in [-0.3, -0.25) is 0 Å². The maximum Gasteiger partial charge on any atom is 0.0394 e. The van der Waals surface area contributed by atoms with Crippen molar-refractivity contribution in [3.05, 3.63) is 77.4 Å². The van der Waals surface area contributed by atoms with E-state index in [1.165, 1.54) is 28.7 Å². The summed E-state index contributed by atoms with van der Waals surface area (Å²) >= 11 is 0. The van der Waals surface area contributed by atoms with Crippen LogP contribution < -0.4 is 5.32 Å². The first kappa shape index (κ1) is 16.8. The van der Waals surface area contributed by atoms with E-state index in [2.05, 4.69) is 72.9 Å². The molecule has 0 radical (unpaired) electrons. The van der Waals surface area contributed by atoms with Crippen LogP contribution in [0.3, 0.4) is 0 Å². The summed E-state index contributed by atoms with van der Waals surface area (Å²) in [7, 11) is 2.03. The number of nitrogens with one attached hydrogen (secondary N) is 1. The van der Waals surface area contributed by atoms with E-state index in [1.807, 2.05) is 7.05 Å². The van der Waals surface area contributed by atoms with Gasteiger partial charge in [-0.1, -0.05) is 60.7 Å². The van der Waals surface area contributed by atoms with Crippen molar-refractivity contribution >= 4 is 18.0 Å². The summed E-state index contributed by atoms with van der Waals surface area (Å²) in [4.78, 5) is 0. The molecule has 2 aromatic rings. The summed E-state index contributed by atoms with van der Waals surface area (Å²) in [5, 5.41) is 3.27. The van der Waals surface area contributed by atoms with Gasteiger partial charge in [0, 0.05) is 5.41 Å². The first-order chi connectivity index (χ1) is 10.3. The zero-order chi connectivity index (χ0) is 14.7. The molecule has 1 aliphatic carbocycles. The minimum atomic E-state index is 0. The van der Waals surface area contributed by atoms with Gasteiger partial charge in [0.25, 0.3) is 0 Å². The highest BCUT2D eigenvalue weighted by Crippen LogP contribution is 2.47. The maximum atomic E-state index is 3.27. The van der Waals surface area contributed by atoms with Gasteiger partial charge in [0.2, 0.25) is 0 Å². The third-order valence-electron chi connectivity index (χ3n) is 4.58. The molecule has 1 atom stereocenters. The second kappa shape index (κ2) is 7.13. The van der Waals surface area contributed by atoms with Crippen LogP contribution in [0.2, 0.25) is 0 Å². The van der Waals surface area contributed by atoms with Crippen molar-refractivity contribution in [2.45, 2.75) is 25.2 Å². The van der Waals surface area contributed by atoms with Gasteiger partial charge in [-0.25, -0.2) is 0 Å². The SMILES string of the molecule is CNCCC[C@]1(c2ccccc2)C=C(C)c2ccccc21.Cl. The average Bonchev–Trinajstić information content (AvgIpc) is 2.83. The second-order valence-corrected chi connectivity index (χ2v) is 5.92. The van der Waals surface area contributed by atoms with Crippen LogP contribution in [0.25, 0.3) is 5.57 Å². The molecule has 2 aromatic carbocycles. The van der Waals surface area contributed by atoms with E-state index >= 15 is 0 Å². The Morgan fingerprint density at radius 1 is 0.955 bits per heavy atom. The van der Waals surface area contributed by atoms with E-state index in [0.29, 0.717) is 0 Å². The Morgan fingerprint density at radius 3 is 2.36 bits per heavy atom. The molecule has 0 saturated heterocycles. The Kier molecular flexibility index (Phi) is 5.44. The van der Waals surface area contributed by atoms with Crippen LogP contribution in [0.1, 0.15) is 36.5 Å². The Labute approximate surface area is 139 Å². The fourth-order valence-corrected chi connectivity index (χ4v) is 3.61. The van der Waals surface area contributed by atoms with Crippen LogP contribution in [0.5, 0.6) is 0 Å². The number of hydrogen-bond donors (Lipinski definition) is 1. The zero-order valence-corrected chi connectivity index (χ0v) is 14.1. The quantitative estimate of drug-likeness (QED) is 0.781. The van der Waals surface area contributed by atoms with Gasteiger partial charge < -0.3 is 5.32 Å². The summed E-state index contributed by atoms with van der Waals surface area (Å²) in [6, 6.07) is 19.8. The number of benzene rings is 2. The van der Waals surface area contributed by atoms with Gasteiger partial charge in [0.1, 0.15) is 0 Å². The molecule has 0 spiro atoms. The average molecular weight is 314 g/mol. The molecule has 0 bridgehead atoms. The van der Waals surface area contributed by atoms with E-state index in [0.717, 1.165) is 13.0 Å². The maximum absolute atomic E-state index is 3.27. The predicted molar refractivity (Wildman–Crippen MR) is 97.7 cm³/mol. The molecule has 0 fully saturated rings. The fraction of sp³-hybridized carbons (Fsp3) is 0.300. The Morgan fingerprint density at radius 2 is 1.64 bits per heavy atom. The highest BCUT2D eigenvalue weighted by atomic mass is 35.5. The standard InChI is InChI=1S/C20H23N.ClH/c1-16-15-20(13-8-14-21-2,17-9-4-3-5-10-17)19-12-7-6-11-18(16)19;/h3-7,9-12,15,21H,8,13-14H2,1-2H3;1H/t20-;/m1./s1. The number of rotatable bonds is 5. The molecule has 0 amide bonds. The van der Waals surface area contributed by atoms with Crippen LogP contribution in [0.15, 0.2) is 60.7 Å².